The van der Waals surface area contributed by atoms with Crippen LogP contribution < -0.4 is 0 Å². The topological polar surface area (TPSA) is 15.6 Å². The molecule has 0 saturated carbocycles. The first kappa shape index (κ1) is 9.04. The number of aliphatic imine (C=N–C) groups is 1. The predicted octanol–water partition coefficient (Wildman–Crippen LogP) is 2.44. The largest absolute Gasteiger partial charge is 0.360 e. The molecule has 13 heavy (non-hydrogen) atoms. The molecule has 0 atom stereocenters. The van der Waals surface area contributed by atoms with Gasteiger partial charge < -0.3 is 4.90 Å². The lowest BCUT2D eigenvalue weighted by Crippen LogP contribution is -2.33. The highest BCUT2D eigenvalue weighted by Gasteiger charge is 2.14. The second-order valence-corrected chi connectivity index (χ2v) is 4.16. The third-order valence-corrected chi connectivity index (χ3v) is 3.07. The second kappa shape index (κ2) is 4.64. The summed E-state index contributed by atoms with van der Waals surface area (Å²) in [4.78, 5) is 7.17. The van der Waals surface area contributed by atoms with Crippen LogP contribution in [0.5, 0.6) is 0 Å². The molecular weight excluding hydrogens is 160 g/mol. The number of hydrogen-bond donors (Lipinski definition) is 0. The number of rotatable bonds is 0. The normalized spacial score (nSPS) is 25.2. The molecule has 2 aliphatic rings. The van der Waals surface area contributed by atoms with Crippen molar-refractivity contribution >= 4 is 5.84 Å². The molecule has 2 heteroatoms. The number of hydrogen-bond acceptors (Lipinski definition) is 2. The molecule has 74 valence electrons. The first-order valence-electron chi connectivity index (χ1n) is 5.75. The van der Waals surface area contributed by atoms with E-state index in [9.17, 15) is 0 Å². The fourth-order valence-electron chi connectivity index (χ4n) is 2.27. The van der Waals surface area contributed by atoms with E-state index in [0.29, 0.717) is 0 Å². The smallest absolute Gasteiger partial charge is 0.0988 e. The van der Waals surface area contributed by atoms with Gasteiger partial charge in [-0.25, -0.2) is 0 Å². The highest BCUT2D eigenvalue weighted by Crippen LogP contribution is 2.15. The predicted molar refractivity (Wildman–Crippen MR) is 56.2 cm³/mol. The molecule has 2 nitrogen and oxygen atoms in total. The van der Waals surface area contributed by atoms with Crippen LogP contribution in [0.3, 0.4) is 0 Å². The van der Waals surface area contributed by atoms with Crippen LogP contribution in [-0.4, -0.2) is 30.4 Å². The molecule has 0 spiro atoms. The van der Waals surface area contributed by atoms with E-state index in [0.717, 1.165) is 6.54 Å². The van der Waals surface area contributed by atoms with Gasteiger partial charge >= 0.3 is 0 Å². The van der Waals surface area contributed by atoms with Crippen molar-refractivity contribution in [2.45, 2.75) is 44.9 Å². The Kier molecular flexibility index (Phi) is 3.22. The minimum atomic E-state index is 1.08. The zero-order valence-corrected chi connectivity index (χ0v) is 8.47. The lowest BCUT2D eigenvalue weighted by Gasteiger charge is -2.26. The summed E-state index contributed by atoms with van der Waals surface area (Å²) < 4.78 is 0. The summed E-state index contributed by atoms with van der Waals surface area (Å²) in [7, 11) is 0. The molecule has 0 aromatic heterocycles. The quantitative estimate of drug-likeness (QED) is 0.559. The first-order chi connectivity index (χ1) is 6.47. The van der Waals surface area contributed by atoms with E-state index in [1.54, 1.807) is 0 Å². The van der Waals surface area contributed by atoms with Crippen molar-refractivity contribution < 1.29 is 0 Å². The summed E-state index contributed by atoms with van der Waals surface area (Å²) in [5, 5.41) is 0. The van der Waals surface area contributed by atoms with Gasteiger partial charge in [-0.05, 0) is 25.7 Å². The van der Waals surface area contributed by atoms with Crippen molar-refractivity contribution in [2.75, 3.05) is 19.6 Å². The van der Waals surface area contributed by atoms with E-state index in [1.807, 2.05) is 0 Å². The Morgan fingerprint density at radius 1 is 0.846 bits per heavy atom. The molecule has 1 saturated heterocycles. The summed E-state index contributed by atoms with van der Waals surface area (Å²) in [6.07, 6.45) is 9.48. The van der Waals surface area contributed by atoms with Crippen LogP contribution in [0.4, 0.5) is 0 Å². The van der Waals surface area contributed by atoms with Crippen LogP contribution in [0, 0.1) is 0 Å². The van der Waals surface area contributed by atoms with Crippen LogP contribution in [0.25, 0.3) is 0 Å². The first-order valence-corrected chi connectivity index (χ1v) is 5.75. The summed E-state index contributed by atoms with van der Waals surface area (Å²) in [5.74, 6) is 1.41. The third kappa shape index (κ3) is 2.45. The zero-order chi connectivity index (χ0) is 8.93. The average molecular weight is 180 g/mol. The van der Waals surface area contributed by atoms with E-state index in [1.165, 1.54) is 63.9 Å². The summed E-state index contributed by atoms with van der Waals surface area (Å²) in [5.41, 5.74) is 0. The van der Waals surface area contributed by atoms with Crippen LogP contribution in [0.2, 0.25) is 0 Å². The second-order valence-electron chi connectivity index (χ2n) is 4.16. The van der Waals surface area contributed by atoms with Crippen molar-refractivity contribution in [2.24, 2.45) is 4.99 Å². The average Bonchev–Trinajstić information content (AvgIpc) is 2.47. The Balaban J connectivity index is 1.92. The third-order valence-electron chi connectivity index (χ3n) is 3.07. The Labute approximate surface area is 81.0 Å². The van der Waals surface area contributed by atoms with Gasteiger partial charge in [-0.15, -0.1) is 0 Å². The molecule has 0 unspecified atom stereocenters. The number of nitrogens with zero attached hydrogens (tertiary/aromatic N) is 2. The molecule has 0 aromatic rings. The summed E-state index contributed by atoms with van der Waals surface area (Å²) in [6.45, 7) is 3.60. The SMILES string of the molecule is C1CCCN(C2=NCCCC2)CC1. The fourth-order valence-corrected chi connectivity index (χ4v) is 2.27. The number of amidine groups is 1. The Morgan fingerprint density at radius 2 is 1.62 bits per heavy atom. The van der Waals surface area contributed by atoms with Crippen molar-refractivity contribution in [1.82, 2.24) is 4.90 Å². The molecule has 0 N–H and O–H groups in total. The zero-order valence-electron chi connectivity index (χ0n) is 8.47. The highest BCUT2D eigenvalue weighted by atomic mass is 15.2. The van der Waals surface area contributed by atoms with Gasteiger partial charge in [-0.3, -0.25) is 4.99 Å². The van der Waals surface area contributed by atoms with E-state index >= 15 is 0 Å². The van der Waals surface area contributed by atoms with Crippen molar-refractivity contribution in [3.05, 3.63) is 0 Å². The molecule has 1 fully saturated rings. The fraction of sp³-hybridized carbons (Fsp3) is 0.909. The van der Waals surface area contributed by atoms with Gasteiger partial charge in [0.05, 0.1) is 5.84 Å². The minimum absolute atomic E-state index is 1.08. The van der Waals surface area contributed by atoms with Crippen molar-refractivity contribution in [3.8, 4) is 0 Å². The molecule has 2 heterocycles. The molecule has 2 rings (SSSR count). The van der Waals surface area contributed by atoms with Crippen LogP contribution in [-0.2, 0) is 0 Å². The highest BCUT2D eigenvalue weighted by molar-refractivity contribution is 5.82. The van der Waals surface area contributed by atoms with Gasteiger partial charge in [0.15, 0.2) is 0 Å². The minimum Gasteiger partial charge on any atom is -0.360 e. The summed E-state index contributed by atoms with van der Waals surface area (Å²) >= 11 is 0. The molecule has 2 aliphatic heterocycles. The van der Waals surface area contributed by atoms with E-state index in [-0.39, 0.29) is 0 Å². The van der Waals surface area contributed by atoms with Gasteiger partial charge in [-0.1, -0.05) is 12.8 Å². The van der Waals surface area contributed by atoms with E-state index in [4.69, 9.17) is 0 Å². The molecule has 0 amide bonds. The summed E-state index contributed by atoms with van der Waals surface area (Å²) in [6, 6.07) is 0. The lowest BCUT2D eigenvalue weighted by molar-refractivity contribution is 0.416. The van der Waals surface area contributed by atoms with E-state index in [2.05, 4.69) is 9.89 Å². The van der Waals surface area contributed by atoms with Crippen molar-refractivity contribution in [1.29, 1.82) is 0 Å². The Hall–Kier alpha value is -0.530. The van der Waals surface area contributed by atoms with Gasteiger partial charge in [0.2, 0.25) is 0 Å². The Bertz CT molecular complexity index is 179. The van der Waals surface area contributed by atoms with Gasteiger partial charge in [0, 0.05) is 26.1 Å². The maximum Gasteiger partial charge on any atom is 0.0988 e. The van der Waals surface area contributed by atoms with Crippen LogP contribution in [0.15, 0.2) is 4.99 Å². The molecule has 0 radical (unpaired) electrons. The maximum absolute atomic E-state index is 4.64. The van der Waals surface area contributed by atoms with Crippen molar-refractivity contribution in [3.63, 3.8) is 0 Å². The van der Waals surface area contributed by atoms with Gasteiger partial charge in [-0.2, -0.15) is 0 Å². The van der Waals surface area contributed by atoms with Gasteiger partial charge in [0.25, 0.3) is 0 Å². The molecule has 0 bridgehead atoms. The molecule has 0 aromatic carbocycles. The van der Waals surface area contributed by atoms with Crippen LogP contribution in [0.1, 0.15) is 44.9 Å². The standard InChI is InChI=1S/C11H20N2/c1-2-6-10-13(9-5-1)11-7-3-4-8-12-11/h1-10H2. The van der Waals surface area contributed by atoms with Crippen LogP contribution >= 0.6 is 0 Å². The number of likely N-dealkylation sites (tertiary alicyclic amines) is 1. The van der Waals surface area contributed by atoms with Gasteiger partial charge in [0.1, 0.15) is 0 Å². The maximum atomic E-state index is 4.64. The lowest BCUT2D eigenvalue weighted by atomic mass is 10.1. The Morgan fingerprint density at radius 3 is 2.23 bits per heavy atom. The monoisotopic (exact) mass is 180 g/mol. The molecule has 0 aliphatic carbocycles. The van der Waals surface area contributed by atoms with E-state index < -0.39 is 0 Å². The molecular formula is C11H20N2.